The van der Waals surface area contributed by atoms with Crippen LogP contribution in [0.15, 0.2) is 82.1 Å². The third-order valence-corrected chi connectivity index (χ3v) is 6.00. The number of aliphatic hydroxyl groups is 1. The Hall–Kier alpha value is -3.20. The summed E-state index contributed by atoms with van der Waals surface area (Å²) in [5.41, 5.74) is 2.17. The first-order valence-corrected chi connectivity index (χ1v) is 11.0. The van der Waals surface area contributed by atoms with Gasteiger partial charge in [0.25, 0.3) is 5.91 Å². The van der Waals surface area contributed by atoms with Gasteiger partial charge in [-0.1, -0.05) is 30.3 Å². The topological polar surface area (TPSA) is 108 Å². The summed E-state index contributed by atoms with van der Waals surface area (Å²) in [6.45, 7) is 1.92. The maximum Gasteiger partial charge on any atom is 0.251 e. The van der Waals surface area contributed by atoms with Crippen LogP contribution in [-0.4, -0.2) is 26.9 Å². The summed E-state index contributed by atoms with van der Waals surface area (Å²) in [7, 11) is -2.09. The van der Waals surface area contributed by atoms with E-state index in [0.29, 0.717) is 23.4 Å². The molecule has 0 fully saturated rings. The van der Waals surface area contributed by atoms with E-state index < -0.39 is 16.1 Å². The van der Waals surface area contributed by atoms with E-state index in [0.717, 1.165) is 5.56 Å². The van der Waals surface area contributed by atoms with E-state index in [1.807, 2.05) is 24.3 Å². The SMILES string of the molecule is COc1ccccc1CNC(=O)c1ccc(N=S(=O)(O)c2ccc([C@@H](C)O)cc2)cc1. The van der Waals surface area contributed by atoms with Gasteiger partial charge in [0.15, 0.2) is 10.0 Å². The number of ether oxygens (including phenoxy) is 1. The summed E-state index contributed by atoms with van der Waals surface area (Å²) in [5.74, 6) is 0.409. The van der Waals surface area contributed by atoms with Crippen molar-refractivity contribution < 1.29 is 23.4 Å². The summed E-state index contributed by atoms with van der Waals surface area (Å²) in [4.78, 5) is 12.5. The van der Waals surface area contributed by atoms with Crippen LogP contribution >= 0.6 is 0 Å². The van der Waals surface area contributed by atoms with Crippen molar-refractivity contribution >= 4 is 21.6 Å². The minimum atomic E-state index is -3.66. The van der Waals surface area contributed by atoms with Crippen LogP contribution in [0.2, 0.25) is 0 Å². The highest BCUT2D eigenvalue weighted by molar-refractivity contribution is 7.88. The maximum atomic E-state index is 12.6. The minimum absolute atomic E-state index is 0.135. The molecule has 0 heterocycles. The highest BCUT2D eigenvalue weighted by Crippen LogP contribution is 2.22. The molecule has 162 valence electrons. The number of methoxy groups -OCH3 is 1. The van der Waals surface area contributed by atoms with Gasteiger partial charge in [-0.15, -0.1) is 0 Å². The van der Waals surface area contributed by atoms with Gasteiger partial charge in [0, 0.05) is 17.7 Å². The van der Waals surface area contributed by atoms with Gasteiger partial charge in [0.1, 0.15) is 5.75 Å². The summed E-state index contributed by atoms with van der Waals surface area (Å²) >= 11 is 0. The molecule has 0 saturated heterocycles. The van der Waals surface area contributed by atoms with E-state index in [1.165, 1.54) is 24.3 Å². The Morgan fingerprint density at radius 2 is 1.71 bits per heavy atom. The number of amides is 1. The Morgan fingerprint density at radius 3 is 2.32 bits per heavy atom. The Morgan fingerprint density at radius 1 is 1.06 bits per heavy atom. The molecule has 8 heteroatoms. The van der Waals surface area contributed by atoms with Crippen molar-refractivity contribution in [3.05, 3.63) is 89.5 Å². The summed E-state index contributed by atoms with van der Waals surface area (Å²) in [5, 5.41) is 12.4. The zero-order chi connectivity index (χ0) is 22.4. The Balaban J connectivity index is 1.71. The van der Waals surface area contributed by atoms with Crippen LogP contribution < -0.4 is 10.1 Å². The van der Waals surface area contributed by atoms with Gasteiger partial charge in [-0.05, 0) is 55.0 Å². The smallest absolute Gasteiger partial charge is 0.251 e. The molecule has 2 atom stereocenters. The fraction of sp³-hybridized carbons (Fsp3) is 0.174. The number of rotatable bonds is 7. The normalized spacial score (nSPS) is 13.7. The molecule has 31 heavy (non-hydrogen) atoms. The van der Waals surface area contributed by atoms with Gasteiger partial charge in [-0.2, -0.15) is 4.36 Å². The van der Waals surface area contributed by atoms with Crippen LogP contribution in [0.25, 0.3) is 0 Å². The quantitative estimate of drug-likeness (QED) is 0.507. The largest absolute Gasteiger partial charge is 0.496 e. The van der Waals surface area contributed by atoms with Crippen molar-refractivity contribution in [2.24, 2.45) is 4.36 Å². The Kier molecular flexibility index (Phi) is 7.06. The molecule has 3 aromatic rings. The molecule has 0 aliphatic carbocycles. The maximum absolute atomic E-state index is 12.6. The first kappa shape index (κ1) is 22.5. The number of hydrogen-bond donors (Lipinski definition) is 3. The van der Waals surface area contributed by atoms with Crippen LogP contribution in [0.4, 0.5) is 5.69 Å². The lowest BCUT2D eigenvalue weighted by atomic mass is 10.1. The number of nitrogens with zero attached hydrogens (tertiary/aromatic N) is 1. The van der Waals surface area contributed by atoms with Gasteiger partial charge < -0.3 is 15.2 Å². The van der Waals surface area contributed by atoms with Crippen molar-refractivity contribution in [3.63, 3.8) is 0 Å². The summed E-state index contributed by atoms with van der Waals surface area (Å²) in [6, 6.07) is 19.6. The first-order chi connectivity index (χ1) is 14.8. The van der Waals surface area contributed by atoms with Gasteiger partial charge >= 0.3 is 0 Å². The molecular weight excluding hydrogens is 416 g/mol. The molecule has 1 amide bonds. The molecule has 1 unspecified atom stereocenters. The number of para-hydroxylation sites is 1. The van der Waals surface area contributed by atoms with E-state index in [4.69, 9.17) is 4.74 Å². The van der Waals surface area contributed by atoms with E-state index in [1.54, 1.807) is 38.3 Å². The van der Waals surface area contributed by atoms with Crippen molar-refractivity contribution in [1.29, 1.82) is 0 Å². The van der Waals surface area contributed by atoms with Gasteiger partial charge in [0.05, 0.1) is 23.8 Å². The van der Waals surface area contributed by atoms with Crippen molar-refractivity contribution in [3.8, 4) is 5.75 Å². The van der Waals surface area contributed by atoms with Gasteiger partial charge in [-0.25, -0.2) is 4.21 Å². The number of hydrogen-bond acceptors (Lipinski definition) is 5. The second-order valence-electron chi connectivity index (χ2n) is 6.87. The molecule has 0 bridgehead atoms. The zero-order valence-corrected chi connectivity index (χ0v) is 18.0. The fourth-order valence-electron chi connectivity index (χ4n) is 2.92. The van der Waals surface area contributed by atoms with Crippen molar-refractivity contribution in [1.82, 2.24) is 5.32 Å². The second kappa shape index (κ2) is 9.74. The Labute approximate surface area is 181 Å². The highest BCUT2D eigenvalue weighted by Gasteiger charge is 2.11. The molecule has 0 aliphatic heterocycles. The molecule has 0 saturated carbocycles. The van der Waals surface area contributed by atoms with Crippen molar-refractivity contribution in [2.45, 2.75) is 24.5 Å². The predicted molar refractivity (Wildman–Crippen MR) is 119 cm³/mol. The lowest BCUT2D eigenvalue weighted by Crippen LogP contribution is -2.22. The van der Waals surface area contributed by atoms with Crippen LogP contribution in [0.1, 0.15) is 34.5 Å². The second-order valence-corrected chi connectivity index (χ2v) is 8.52. The molecule has 3 aromatic carbocycles. The van der Waals surface area contributed by atoms with E-state index in [9.17, 15) is 18.7 Å². The predicted octanol–water partition coefficient (Wildman–Crippen LogP) is 4.31. The van der Waals surface area contributed by atoms with Crippen LogP contribution in [0.3, 0.4) is 0 Å². The van der Waals surface area contributed by atoms with Crippen molar-refractivity contribution in [2.75, 3.05) is 7.11 Å². The number of nitrogens with one attached hydrogen (secondary N) is 1. The average molecular weight is 441 g/mol. The molecule has 3 rings (SSSR count). The summed E-state index contributed by atoms with van der Waals surface area (Å²) in [6.07, 6.45) is -0.664. The molecular formula is C23H24N2O5S. The fourth-order valence-corrected chi connectivity index (χ4v) is 3.92. The lowest BCUT2D eigenvalue weighted by molar-refractivity contribution is 0.0950. The van der Waals surface area contributed by atoms with Crippen LogP contribution in [0.5, 0.6) is 5.75 Å². The highest BCUT2D eigenvalue weighted by atomic mass is 32.2. The van der Waals surface area contributed by atoms with E-state index in [-0.39, 0.29) is 16.5 Å². The molecule has 0 radical (unpaired) electrons. The Bertz CT molecular complexity index is 1170. The summed E-state index contributed by atoms with van der Waals surface area (Å²) < 4.78 is 32.1. The third-order valence-electron chi connectivity index (χ3n) is 4.66. The van der Waals surface area contributed by atoms with Crippen LogP contribution in [-0.2, 0) is 16.6 Å². The van der Waals surface area contributed by atoms with Crippen LogP contribution in [0, 0.1) is 0 Å². The molecule has 0 aromatic heterocycles. The number of aliphatic hydroxyl groups excluding tert-OH is 1. The lowest BCUT2D eigenvalue weighted by Gasteiger charge is -2.10. The molecule has 3 N–H and O–H groups in total. The van der Waals surface area contributed by atoms with Gasteiger partial charge in [-0.3, -0.25) is 9.35 Å². The third kappa shape index (κ3) is 5.69. The standard InChI is InChI=1S/C23H24N2O5S/c1-16(26)17-9-13-21(14-10-17)31(28,29)25-20-11-7-18(8-12-20)23(27)24-15-19-5-3-4-6-22(19)30-2/h3-14,16,26H,15H2,1-2H3,(H,24,27)(H,25,28,29)/t16-/m1/s1. The first-order valence-electron chi connectivity index (χ1n) is 9.58. The molecule has 7 nitrogen and oxygen atoms in total. The van der Waals surface area contributed by atoms with Gasteiger partial charge in [0.2, 0.25) is 0 Å². The monoisotopic (exact) mass is 440 g/mol. The zero-order valence-electron chi connectivity index (χ0n) is 17.2. The van der Waals surface area contributed by atoms with E-state index >= 15 is 0 Å². The molecule has 0 spiro atoms. The number of carbonyl (C=O) groups excluding carboxylic acids is 1. The van der Waals surface area contributed by atoms with E-state index in [2.05, 4.69) is 9.68 Å². The molecule has 0 aliphatic rings. The average Bonchev–Trinajstić information content (AvgIpc) is 2.78. The number of benzene rings is 3. The number of carbonyl (C=O) groups is 1. The minimum Gasteiger partial charge on any atom is -0.496 e.